The number of hydrogen-bond donors (Lipinski definition) is 2. The van der Waals surface area contributed by atoms with Gasteiger partial charge in [0.1, 0.15) is 17.7 Å². The number of nitrogens with one attached hydrogen (secondary N) is 1. The number of nitrogens with zero attached hydrogens (tertiary/aromatic N) is 4. The predicted octanol–water partition coefficient (Wildman–Crippen LogP) is 2.40. The van der Waals surface area contributed by atoms with Crippen molar-refractivity contribution in [2.75, 3.05) is 13.1 Å². The maximum Gasteiger partial charge on any atom is 0.255 e. The van der Waals surface area contributed by atoms with E-state index in [1.807, 2.05) is 36.5 Å². The third kappa shape index (κ3) is 4.51. The van der Waals surface area contributed by atoms with Gasteiger partial charge in [0.15, 0.2) is 0 Å². The number of carbonyl (C=O) groups is 3. The molecule has 0 aliphatic carbocycles. The quantitative estimate of drug-likeness (QED) is 0.486. The summed E-state index contributed by atoms with van der Waals surface area (Å²) < 4.78 is 32.9. The minimum Gasteiger partial charge on any atom is -0.385 e. The Bertz CT molecular complexity index is 1470. The zero-order chi connectivity index (χ0) is 27.3. The van der Waals surface area contributed by atoms with E-state index in [9.17, 15) is 19.5 Å². The van der Waals surface area contributed by atoms with E-state index in [-0.39, 0.29) is 43.4 Å². The zero-order valence-electron chi connectivity index (χ0n) is 21.1. The van der Waals surface area contributed by atoms with Crippen molar-refractivity contribution in [3.63, 3.8) is 0 Å². The van der Waals surface area contributed by atoms with Gasteiger partial charge in [-0.3, -0.25) is 24.6 Å². The fourth-order valence-electron chi connectivity index (χ4n) is 5.87. The van der Waals surface area contributed by atoms with Gasteiger partial charge in [0, 0.05) is 44.0 Å². The van der Waals surface area contributed by atoms with Crippen molar-refractivity contribution < 1.29 is 28.3 Å². The Hall–Kier alpha value is -3.96. The fourth-order valence-corrected chi connectivity index (χ4v) is 5.87. The van der Waals surface area contributed by atoms with Gasteiger partial charge in [-0.2, -0.15) is 5.10 Å². The van der Waals surface area contributed by atoms with Crippen molar-refractivity contribution >= 4 is 17.7 Å². The topological polar surface area (TPSA) is 108 Å². The highest BCUT2D eigenvalue weighted by molar-refractivity contribution is 6.05. The minimum absolute atomic E-state index is 0.0348. The number of aromatic nitrogens is 2. The van der Waals surface area contributed by atoms with E-state index in [1.165, 1.54) is 4.90 Å². The van der Waals surface area contributed by atoms with Crippen LogP contribution >= 0.6 is 0 Å². The van der Waals surface area contributed by atoms with Crippen molar-refractivity contribution in [3.8, 4) is 5.69 Å². The maximum atomic E-state index is 15.8. The molecule has 1 unspecified atom stereocenters. The number of carbonyl (C=O) groups excluding carboxylic acids is 3. The molecule has 2 aromatic carbocycles. The van der Waals surface area contributed by atoms with E-state index in [0.29, 0.717) is 19.6 Å². The van der Waals surface area contributed by atoms with Crippen LogP contribution in [0.3, 0.4) is 0 Å². The molecule has 2 saturated heterocycles. The molecule has 2 fully saturated rings. The lowest BCUT2D eigenvalue weighted by atomic mass is 9.82. The second-order valence-corrected chi connectivity index (χ2v) is 10.4. The largest absolute Gasteiger partial charge is 0.385 e. The summed E-state index contributed by atoms with van der Waals surface area (Å²) in [5.41, 5.74) is -0.380. The van der Waals surface area contributed by atoms with E-state index in [0.717, 1.165) is 17.3 Å². The van der Waals surface area contributed by atoms with Gasteiger partial charge in [-0.1, -0.05) is 12.1 Å². The van der Waals surface area contributed by atoms with Crippen molar-refractivity contribution in [2.24, 2.45) is 0 Å². The highest BCUT2D eigenvalue weighted by atomic mass is 19.1. The molecule has 4 heterocycles. The highest BCUT2D eigenvalue weighted by Gasteiger charge is 2.45. The predicted molar refractivity (Wildman–Crippen MR) is 134 cm³/mol. The molecule has 3 aromatic rings. The van der Waals surface area contributed by atoms with Crippen LogP contribution in [0.1, 0.15) is 52.7 Å². The van der Waals surface area contributed by atoms with Gasteiger partial charge in [0.25, 0.3) is 5.91 Å². The molecule has 6 rings (SSSR count). The van der Waals surface area contributed by atoms with E-state index < -0.39 is 46.6 Å². The first kappa shape index (κ1) is 25.3. The summed E-state index contributed by atoms with van der Waals surface area (Å²) in [6.45, 7) is 1.21. The van der Waals surface area contributed by atoms with Crippen LogP contribution in [0.25, 0.3) is 5.69 Å². The van der Waals surface area contributed by atoms with E-state index in [2.05, 4.69) is 15.3 Å². The van der Waals surface area contributed by atoms with Gasteiger partial charge >= 0.3 is 0 Å². The molecule has 11 heteroatoms. The number of fused-ring (bicyclic) bond motifs is 1. The maximum absolute atomic E-state index is 15.8. The Labute approximate surface area is 223 Å². The molecule has 202 valence electrons. The van der Waals surface area contributed by atoms with Crippen LogP contribution < -0.4 is 5.32 Å². The lowest BCUT2D eigenvalue weighted by molar-refractivity contribution is -0.136. The van der Waals surface area contributed by atoms with Crippen LogP contribution in [0.15, 0.2) is 48.8 Å². The van der Waals surface area contributed by atoms with Gasteiger partial charge in [0.2, 0.25) is 11.8 Å². The molecule has 3 aliphatic heterocycles. The summed E-state index contributed by atoms with van der Waals surface area (Å²) in [4.78, 5) is 40.1. The lowest BCUT2D eigenvalue weighted by Gasteiger charge is -2.39. The summed E-state index contributed by atoms with van der Waals surface area (Å²) in [6, 6.07) is 9.80. The smallest absolute Gasteiger partial charge is 0.255 e. The summed E-state index contributed by atoms with van der Waals surface area (Å²) >= 11 is 0. The molecule has 9 nitrogen and oxygen atoms in total. The van der Waals surface area contributed by atoms with Gasteiger partial charge < -0.3 is 10.0 Å². The molecular formula is C28H27F2N5O4. The summed E-state index contributed by atoms with van der Waals surface area (Å²) in [6.07, 6.45) is 3.97. The summed E-state index contributed by atoms with van der Waals surface area (Å²) in [5.74, 6) is -3.65. The van der Waals surface area contributed by atoms with E-state index in [1.54, 1.807) is 10.9 Å². The second-order valence-electron chi connectivity index (χ2n) is 10.4. The highest BCUT2D eigenvalue weighted by Crippen LogP contribution is 2.40. The fraction of sp³-hybridized carbons (Fsp3) is 0.357. The first-order chi connectivity index (χ1) is 18.7. The molecule has 0 saturated carbocycles. The normalized spacial score (nSPS) is 21.3. The SMILES string of the molecule is O=C1CCC(N2Cc3c(cc(F)c(C4(O)CCN(Cc5cccc(-n6cccn6)c5)CC4)c3F)C2=O)C(=O)N1. The van der Waals surface area contributed by atoms with Crippen LogP contribution in [-0.2, 0) is 28.3 Å². The molecule has 0 bridgehead atoms. The van der Waals surface area contributed by atoms with Crippen molar-refractivity contribution in [1.29, 1.82) is 0 Å². The first-order valence-corrected chi connectivity index (χ1v) is 12.9. The Kier molecular flexibility index (Phi) is 6.27. The Morgan fingerprint density at radius 2 is 1.90 bits per heavy atom. The number of likely N-dealkylation sites (tertiary alicyclic amines) is 1. The van der Waals surface area contributed by atoms with Gasteiger partial charge in [-0.15, -0.1) is 0 Å². The number of imide groups is 1. The zero-order valence-corrected chi connectivity index (χ0v) is 21.1. The molecule has 0 radical (unpaired) electrons. The van der Waals surface area contributed by atoms with Crippen LogP contribution in [-0.4, -0.2) is 61.5 Å². The average molecular weight is 536 g/mol. The average Bonchev–Trinajstić information content (AvgIpc) is 3.55. The lowest BCUT2D eigenvalue weighted by Crippen LogP contribution is -2.52. The molecule has 1 atom stereocenters. The van der Waals surface area contributed by atoms with Crippen molar-refractivity contribution in [2.45, 2.75) is 50.4 Å². The number of benzene rings is 2. The first-order valence-electron chi connectivity index (χ1n) is 12.9. The van der Waals surface area contributed by atoms with Crippen LogP contribution in [0.4, 0.5) is 8.78 Å². The van der Waals surface area contributed by atoms with Crippen molar-refractivity contribution in [3.05, 3.63) is 82.7 Å². The Balaban J connectivity index is 1.18. The standard InChI is InChI=1S/C28H27F2N5O4/c29-21-14-19-20(16-34(27(19)38)22-5-6-23(36)32-26(22)37)25(30)24(21)28(39)7-11-33(12-8-28)15-17-3-1-4-18(13-17)35-10-2-9-31-35/h1-4,9-10,13-14,22,39H,5-8,11-12,15-16H2,(H,32,36,37). The van der Waals surface area contributed by atoms with Crippen LogP contribution in [0.5, 0.6) is 0 Å². The molecule has 39 heavy (non-hydrogen) atoms. The van der Waals surface area contributed by atoms with Gasteiger partial charge in [-0.25, -0.2) is 13.5 Å². The van der Waals surface area contributed by atoms with Gasteiger partial charge in [-0.05, 0) is 49.1 Å². The van der Waals surface area contributed by atoms with Crippen LogP contribution in [0, 0.1) is 11.6 Å². The number of rotatable bonds is 5. The van der Waals surface area contributed by atoms with E-state index in [4.69, 9.17) is 0 Å². The summed E-state index contributed by atoms with van der Waals surface area (Å²) in [7, 11) is 0. The third-order valence-electron chi connectivity index (χ3n) is 7.96. The number of piperidine rings is 2. The minimum atomic E-state index is -1.73. The number of hydrogen-bond acceptors (Lipinski definition) is 6. The molecule has 3 aliphatic rings. The van der Waals surface area contributed by atoms with Crippen LogP contribution in [0.2, 0.25) is 0 Å². The molecule has 0 spiro atoms. The molecule has 3 amide bonds. The Morgan fingerprint density at radius 1 is 1.10 bits per heavy atom. The number of aliphatic hydroxyl groups is 1. The summed E-state index contributed by atoms with van der Waals surface area (Å²) in [5, 5.41) is 17.9. The second kappa shape index (κ2) is 9.65. The Morgan fingerprint density at radius 3 is 2.62 bits per heavy atom. The van der Waals surface area contributed by atoms with Gasteiger partial charge in [0.05, 0.1) is 29.0 Å². The molecule has 1 aromatic heterocycles. The molecular weight excluding hydrogens is 508 g/mol. The number of amides is 3. The van der Waals surface area contributed by atoms with E-state index >= 15 is 8.78 Å². The number of halogens is 2. The third-order valence-corrected chi connectivity index (χ3v) is 7.96. The van der Waals surface area contributed by atoms with Crippen molar-refractivity contribution in [1.82, 2.24) is 24.9 Å². The monoisotopic (exact) mass is 535 g/mol. The molecule has 2 N–H and O–H groups in total.